The highest BCUT2D eigenvalue weighted by Crippen LogP contribution is 2.34. The van der Waals surface area contributed by atoms with Gasteiger partial charge in [-0.2, -0.15) is 0 Å². The van der Waals surface area contributed by atoms with E-state index in [9.17, 15) is 9.59 Å². The highest BCUT2D eigenvalue weighted by atomic mass is 16.5. The van der Waals surface area contributed by atoms with Crippen molar-refractivity contribution in [1.29, 1.82) is 0 Å². The predicted molar refractivity (Wildman–Crippen MR) is 167 cm³/mol. The summed E-state index contributed by atoms with van der Waals surface area (Å²) in [6.45, 7) is 9.03. The summed E-state index contributed by atoms with van der Waals surface area (Å²) in [5, 5.41) is 0. The summed E-state index contributed by atoms with van der Waals surface area (Å²) in [6, 6.07) is 31.2. The number of allylic oxidation sites excluding steroid dienone is 2. The summed E-state index contributed by atoms with van der Waals surface area (Å²) in [5.74, 6) is 0.427. The van der Waals surface area contributed by atoms with Gasteiger partial charge in [0.15, 0.2) is 5.78 Å². The molecule has 0 aromatic heterocycles. The number of rotatable bonds is 16. The molecule has 0 heterocycles. The van der Waals surface area contributed by atoms with Crippen LogP contribution in [0.3, 0.4) is 0 Å². The Morgan fingerprint density at radius 3 is 1.75 bits per heavy atom. The summed E-state index contributed by atoms with van der Waals surface area (Å²) < 4.78 is 5.78. The first-order valence-electron chi connectivity index (χ1n) is 14.6. The van der Waals surface area contributed by atoms with E-state index >= 15 is 0 Å². The van der Waals surface area contributed by atoms with Crippen LogP contribution < -0.4 is 0 Å². The molecule has 3 nitrogen and oxygen atoms in total. The van der Waals surface area contributed by atoms with E-state index in [1.165, 1.54) is 16.7 Å². The predicted octanol–water partition coefficient (Wildman–Crippen LogP) is 9.15. The Hall–Kier alpha value is -3.30. The number of aryl methyl sites for hydroxylation is 2. The maximum Gasteiger partial charge on any atom is 0.152 e. The first-order chi connectivity index (χ1) is 19.3. The first-order valence-corrected chi connectivity index (χ1v) is 14.6. The van der Waals surface area contributed by atoms with Crippen LogP contribution in [0.25, 0.3) is 0 Å². The molecule has 0 aliphatic carbocycles. The third-order valence-corrected chi connectivity index (χ3v) is 7.07. The molecule has 0 saturated heterocycles. The van der Waals surface area contributed by atoms with Crippen molar-refractivity contribution in [3.05, 3.63) is 119 Å². The van der Waals surface area contributed by atoms with Gasteiger partial charge in [0.25, 0.3) is 0 Å². The van der Waals surface area contributed by atoms with Crippen molar-refractivity contribution in [1.82, 2.24) is 0 Å². The van der Waals surface area contributed by atoms with E-state index in [0.717, 1.165) is 57.1 Å². The molecule has 0 radical (unpaired) electrons. The Bertz CT molecular complexity index is 1140. The minimum atomic E-state index is 0.0844. The molecular weight excluding hydrogens is 492 g/mol. The maximum absolute atomic E-state index is 11.7. The number of carbonyl (C=O) groups excluding carboxylic acids is 2. The fourth-order valence-corrected chi connectivity index (χ4v) is 4.92. The van der Waals surface area contributed by atoms with Gasteiger partial charge in [-0.1, -0.05) is 110 Å². The smallest absolute Gasteiger partial charge is 0.152 e. The molecule has 0 spiro atoms. The molecule has 0 saturated carbocycles. The van der Waals surface area contributed by atoms with E-state index in [2.05, 4.69) is 55.5 Å². The number of unbranched alkanes of at least 4 members (excludes halogenated alkanes) is 1. The molecule has 3 aromatic carbocycles. The van der Waals surface area contributed by atoms with E-state index < -0.39 is 0 Å². The second kappa shape index (κ2) is 18.9. The Kier molecular flexibility index (Phi) is 15.5. The molecule has 214 valence electrons. The normalized spacial score (nSPS) is 12.7. The highest BCUT2D eigenvalue weighted by Gasteiger charge is 2.25. The van der Waals surface area contributed by atoms with Gasteiger partial charge in [0.2, 0.25) is 0 Å². The third-order valence-electron chi connectivity index (χ3n) is 7.07. The van der Waals surface area contributed by atoms with Gasteiger partial charge < -0.3 is 9.53 Å². The topological polar surface area (TPSA) is 43.4 Å². The minimum absolute atomic E-state index is 0.0844. The molecule has 40 heavy (non-hydrogen) atoms. The van der Waals surface area contributed by atoms with Gasteiger partial charge in [0.1, 0.15) is 5.78 Å². The standard InChI is InChI=1S/C24H32O2.C13H16O/c1-21(25)19-24(2,17-15-22-11-5-3-6-12-22)16-9-10-18-26-20-23-13-7-4-8-14-23;1-11(10-12(2)14)8-9-13-6-4-3-5-7-13/h3-8,11-14H,9-10,15-20H2,1-2H3;3-7,10H,8-9H2,1-2H3/b;11-10+/t24-;/m0./s1. The lowest BCUT2D eigenvalue weighted by Crippen LogP contribution is -2.21. The second-order valence-corrected chi connectivity index (χ2v) is 11.3. The van der Waals surface area contributed by atoms with Crippen LogP contribution in [0.15, 0.2) is 103 Å². The first kappa shape index (κ1) is 32.9. The number of ether oxygens (including phenoxy) is 1. The molecular formula is C37H48O3. The van der Waals surface area contributed by atoms with Crippen LogP contribution >= 0.6 is 0 Å². The minimum Gasteiger partial charge on any atom is -0.377 e. The number of Topliss-reactive ketones (excluding diaryl/α,β-unsaturated/α-hetero) is 1. The molecule has 0 fully saturated rings. The quantitative estimate of drug-likeness (QED) is 0.134. The molecule has 0 aliphatic rings. The van der Waals surface area contributed by atoms with E-state index in [-0.39, 0.29) is 11.2 Å². The fraction of sp³-hybridized carbons (Fsp3) is 0.405. The summed E-state index contributed by atoms with van der Waals surface area (Å²) in [4.78, 5) is 22.5. The average molecular weight is 541 g/mol. The van der Waals surface area contributed by atoms with Gasteiger partial charge in [0, 0.05) is 13.0 Å². The molecule has 0 unspecified atom stereocenters. The zero-order valence-electron chi connectivity index (χ0n) is 25.0. The van der Waals surface area contributed by atoms with Gasteiger partial charge in [0.05, 0.1) is 6.61 Å². The largest absolute Gasteiger partial charge is 0.377 e. The van der Waals surface area contributed by atoms with Crippen molar-refractivity contribution in [3.63, 3.8) is 0 Å². The van der Waals surface area contributed by atoms with Crippen LogP contribution in [0.4, 0.5) is 0 Å². The van der Waals surface area contributed by atoms with Gasteiger partial charge in [-0.3, -0.25) is 4.79 Å². The molecule has 0 aliphatic heterocycles. The average Bonchev–Trinajstić information content (AvgIpc) is 2.94. The van der Waals surface area contributed by atoms with Crippen LogP contribution in [0.1, 0.15) is 82.9 Å². The molecule has 3 aromatic rings. The van der Waals surface area contributed by atoms with E-state index in [0.29, 0.717) is 18.8 Å². The molecule has 3 rings (SSSR count). The Balaban J connectivity index is 0.000000337. The van der Waals surface area contributed by atoms with Crippen LogP contribution in [-0.4, -0.2) is 18.2 Å². The second-order valence-electron chi connectivity index (χ2n) is 11.3. The van der Waals surface area contributed by atoms with Gasteiger partial charge in [-0.25, -0.2) is 0 Å². The van der Waals surface area contributed by atoms with Crippen LogP contribution in [0.5, 0.6) is 0 Å². The van der Waals surface area contributed by atoms with Crippen molar-refractivity contribution >= 4 is 11.6 Å². The van der Waals surface area contributed by atoms with Gasteiger partial charge >= 0.3 is 0 Å². The van der Waals surface area contributed by atoms with Crippen LogP contribution in [0, 0.1) is 5.41 Å². The Morgan fingerprint density at radius 2 is 1.23 bits per heavy atom. The monoisotopic (exact) mass is 540 g/mol. The third kappa shape index (κ3) is 15.3. The number of hydrogen-bond acceptors (Lipinski definition) is 3. The molecule has 0 N–H and O–H groups in total. The summed E-state index contributed by atoms with van der Waals surface area (Å²) in [5.41, 5.74) is 5.14. The summed E-state index contributed by atoms with van der Waals surface area (Å²) in [7, 11) is 0. The van der Waals surface area contributed by atoms with Crippen molar-refractivity contribution in [2.75, 3.05) is 6.61 Å². The number of hydrogen-bond donors (Lipinski definition) is 0. The van der Waals surface area contributed by atoms with Crippen LogP contribution in [0.2, 0.25) is 0 Å². The van der Waals surface area contributed by atoms with E-state index in [1.54, 1.807) is 19.9 Å². The lowest BCUT2D eigenvalue weighted by Gasteiger charge is -2.29. The zero-order valence-corrected chi connectivity index (χ0v) is 25.0. The number of carbonyl (C=O) groups is 2. The number of ketones is 2. The van der Waals surface area contributed by atoms with E-state index in [1.807, 2.05) is 49.4 Å². The Morgan fingerprint density at radius 1 is 0.700 bits per heavy atom. The van der Waals surface area contributed by atoms with Gasteiger partial charge in [-0.15, -0.1) is 0 Å². The lowest BCUT2D eigenvalue weighted by atomic mass is 9.76. The van der Waals surface area contributed by atoms with Crippen molar-refractivity contribution in [2.45, 2.75) is 85.7 Å². The van der Waals surface area contributed by atoms with Crippen molar-refractivity contribution < 1.29 is 14.3 Å². The van der Waals surface area contributed by atoms with Crippen molar-refractivity contribution in [3.8, 4) is 0 Å². The molecule has 0 bridgehead atoms. The van der Waals surface area contributed by atoms with Crippen molar-refractivity contribution in [2.24, 2.45) is 5.41 Å². The highest BCUT2D eigenvalue weighted by molar-refractivity contribution is 5.87. The van der Waals surface area contributed by atoms with Gasteiger partial charge in [-0.05, 0) is 87.5 Å². The summed E-state index contributed by atoms with van der Waals surface area (Å²) in [6.07, 6.45) is 9.68. The Labute approximate surface area is 242 Å². The molecule has 3 heteroatoms. The molecule has 1 atom stereocenters. The van der Waals surface area contributed by atoms with Crippen LogP contribution in [-0.2, 0) is 33.8 Å². The van der Waals surface area contributed by atoms with E-state index in [4.69, 9.17) is 4.74 Å². The summed E-state index contributed by atoms with van der Waals surface area (Å²) >= 11 is 0. The lowest BCUT2D eigenvalue weighted by molar-refractivity contribution is -0.119. The zero-order chi connectivity index (χ0) is 29.1. The fourth-order valence-electron chi connectivity index (χ4n) is 4.92. The maximum atomic E-state index is 11.7. The molecule has 0 amide bonds. The number of benzene rings is 3. The SMILES string of the molecule is CC(=O)/C=C(\C)CCc1ccccc1.CC(=O)C[C@@](C)(CCCCOCc1ccccc1)CCc1ccccc1.